The molecule has 0 amide bonds. The van der Waals surface area contributed by atoms with Gasteiger partial charge in [-0.3, -0.25) is 4.79 Å². The summed E-state index contributed by atoms with van der Waals surface area (Å²) in [6.45, 7) is 12.2. The van der Waals surface area contributed by atoms with E-state index in [4.69, 9.17) is 4.74 Å². The van der Waals surface area contributed by atoms with Gasteiger partial charge in [0.05, 0.1) is 5.41 Å². The Morgan fingerprint density at radius 3 is 2.31 bits per heavy atom. The van der Waals surface area contributed by atoms with Gasteiger partial charge in [-0.1, -0.05) is 48.9 Å². The van der Waals surface area contributed by atoms with E-state index in [2.05, 4.69) is 48.6 Å². The number of benzene rings is 1. The molecule has 0 radical (unpaired) electrons. The van der Waals surface area contributed by atoms with Crippen LogP contribution in [-0.4, -0.2) is 23.7 Å². The van der Waals surface area contributed by atoms with E-state index in [0.717, 1.165) is 25.2 Å². The summed E-state index contributed by atoms with van der Waals surface area (Å²) in [5.41, 5.74) is 2.11. The number of carbonyl (C=O) groups is 1. The number of ether oxygens (including phenoxy) is 1. The highest BCUT2D eigenvalue weighted by Crippen LogP contribution is 2.41. The van der Waals surface area contributed by atoms with Crippen molar-refractivity contribution in [1.82, 2.24) is 5.32 Å². The minimum atomic E-state index is -0.410. The molecule has 0 bridgehead atoms. The van der Waals surface area contributed by atoms with Gasteiger partial charge in [0.25, 0.3) is 0 Å². The summed E-state index contributed by atoms with van der Waals surface area (Å²) in [5, 5.41) is 3.97. The third-order valence-electron chi connectivity index (χ3n) is 7.25. The molecule has 0 saturated heterocycles. The van der Waals surface area contributed by atoms with Crippen LogP contribution >= 0.6 is 0 Å². The molecule has 1 aromatic carbocycles. The predicted octanol–water partition coefficient (Wildman–Crippen LogP) is 7.17. The Balaban J connectivity index is 1.39. The SMILES string of the molecule is CC/C(=C\c1ccccc1)[C@@H]1C[C@H]1NC1CCC(CCC(C)(C)C(=O)OC(C)(C)C)CC1. The van der Waals surface area contributed by atoms with Crippen LogP contribution in [0.15, 0.2) is 35.9 Å². The second-order valence-electron chi connectivity index (χ2n) is 11.7. The molecule has 1 N–H and O–H groups in total. The van der Waals surface area contributed by atoms with Gasteiger partial charge in [0.1, 0.15) is 5.60 Å². The molecule has 2 saturated carbocycles. The van der Waals surface area contributed by atoms with Crippen LogP contribution in [0, 0.1) is 17.3 Å². The Morgan fingerprint density at radius 2 is 1.72 bits per heavy atom. The molecule has 0 aromatic heterocycles. The van der Waals surface area contributed by atoms with E-state index < -0.39 is 11.0 Å². The highest BCUT2D eigenvalue weighted by Gasteiger charge is 2.40. The number of esters is 1. The van der Waals surface area contributed by atoms with Crippen molar-refractivity contribution in [3.8, 4) is 0 Å². The van der Waals surface area contributed by atoms with E-state index in [-0.39, 0.29) is 5.97 Å². The Hall–Kier alpha value is -1.61. The minimum Gasteiger partial charge on any atom is -0.460 e. The van der Waals surface area contributed by atoms with Gasteiger partial charge in [0, 0.05) is 12.1 Å². The molecule has 1 aromatic rings. The Morgan fingerprint density at radius 1 is 1.06 bits per heavy atom. The summed E-state index contributed by atoms with van der Waals surface area (Å²) < 4.78 is 5.63. The number of nitrogens with one attached hydrogen (secondary N) is 1. The quantitative estimate of drug-likeness (QED) is 0.415. The van der Waals surface area contributed by atoms with Crippen molar-refractivity contribution in [3.05, 3.63) is 41.5 Å². The normalized spacial score (nSPS) is 26.6. The van der Waals surface area contributed by atoms with Crippen molar-refractivity contribution in [2.75, 3.05) is 0 Å². The van der Waals surface area contributed by atoms with Crippen molar-refractivity contribution in [1.29, 1.82) is 0 Å². The average molecular weight is 440 g/mol. The molecular formula is C29H45NO2. The molecule has 0 spiro atoms. The van der Waals surface area contributed by atoms with Gasteiger partial charge in [0.2, 0.25) is 0 Å². The third-order valence-corrected chi connectivity index (χ3v) is 7.25. The first kappa shape index (κ1) is 25.0. The van der Waals surface area contributed by atoms with Gasteiger partial charge in [-0.15, -0.1) is 0 Å². The topological polar surface area (TPSA) is 38.3 Å². The first-order valence-electron chi connectivity index (χ1n) is 12.8. The van der Waals surface area contributed by atoms with Gasteiger partial charge >= 0.3 is 5.97 Å². The fourth-order valence-corrected chi connectivity index (χ4v) is 5.03. The fourth-order valence-electron chi connectivity index (χ4n) is 5.03. The van der Waals surface area contributed by atoms with Crippen molar-refractivity contribution in [2.24, 2.45) is 17.3 Å². The first-order valence-corrected chi connectivity index (χ1v) is 12.8. The van der Waals surface area contributed by atoms with Crippen molar-refractivity contribution >= 4 is 12.0 Å². The monoisotopic (exact) mass is 439 g/mol. The van der Waals surface area contributed by atoms with Crippen molar-refractivity contribution < 1.29 is 9.53 Å². The zero-order valence-electron chi connectivity index (χ0n) is 21.2. The van der Waals surface area contributed by atoms with Gasteiger partial charge < -0.3 is 10.1 Å². The molecule has 3 heteroatoms. The lowest BCUT2D eigenvalue weighted by molar-refractivity contribution is -0.166. The number of hydrogen-bond acceptors (Lipinski definition) is 3. The number of hydrogen-bond donors (Lipinski definition) is 1. The Labute approximate surface area is 196 Å². The lowest BCUT2D eigenvalue weighted by Gasteiger charge is -2.32. The lowest BCUT2D eigenvalue weighted by Crippen LogP contribution is -2.36. The summed E-state index contributed by atoms with van der Waals surface area (Å²) in [7, 11) is 0. The molecule has 2 aliphatic carbocycles. The zero-order chi connectivity index (χ0) is 23.4. The molecule has 2 atom stereocenters. The minimum absolute atomic E-state index is 0.0598. The fraction of sp³-hybridized carbons (Fsp3) is 0.690. The standard InChI is InChI=1S/C29H45NO2/c1-7-23(19-22-11-9-8-10-12-22)25-20-26(25)30-24-15-13-21(14-16-24)17-18-29(5,6)27(31)32-28(2,3)4/h8-12,19,21,24-26,30H,7,13-18,20H2,1-6H3/b23-19+/t21?,24?,25-,26+/m0/s1. The molecule has 32 heavy (non-hydrogen) atoms. The molecule has 0 aliphatic heterocycles. The summed E-state index contributed by atoms with van der Waals surface area (Å²) in [4.78, 5) is 12.5. The highest BCUT2D eigenvalue weighted by molar-refractivity contribution is 5.76. The van der Waals surface area contributed by atoms with Crippen LogP contribution in [0.3, 0.4) is 0 Å². The smallest absolute Gasteiger partial charge is 0.312 e. The molecule has 3 nitrogen and oxygen atoms in total. The second-order valence-corrected chi connectivity index (χ2v) is 11.7. The third kappa shape index (κ3) is 7.47. The Bertz CT molecular complexity index is 766. The van der Waals surface area contributed by atoms with E-state index in [1.807, 2.05) is 34.6 Å². The first-order chi connectivity index (χ1) is 15.1. The lowest BCUT2D eigenvalue weighted by atomic mass is 9.78. The maximum Gasteiger partial charge on any atom is 0.312 e. The summed E-state index contributed by atoms with van der Waals surface area (Å²) in [5.74, 6) is 1.40. The van der Waals surface area contributed by atoms with Crippen LogP contribution in [0.25, 0.3) is 6.08 Å². The van der Waals surface area contributed by atoms with Crippen LogP contribution < -0.4 is 5.32 Å². The summed E-state index contributed by atoms with van der Waals surface area (Å²) in [6, 6.07) is 12.0. The van der Waals surface area contributed by atoms with Gasteiger partial charge in [0.15, 0.2) is 0 Å². The summed E-state index contributed by atoms with van der Waals surface area (Å²) in [6.07, 6.45) is 12.0. The molecule has 178 valence electrons. The predicted molar refractivity (Wildman–Crippen MR) is 134 cm³/mol. The number of carbonyl (C=O) groups excluding carboxylic acids is 1. The van der Waals surface area contributed by atoms with Crippen LogP contribution in [-0.2, 0) is 9.53 Å². The highest BCUT2D eigenvalue weighted by atomic mass is 16.6. The molecule has 3 rings (SSSR count). The molecule has 0 unspecified atom stereocenters. The zero-order valence-corrected chi connectivity index (χ0v) is 21.2. The van der Waals surface area contributed by atoms with E-state index in [1.165, 1.54) is 37.7 Å². The maximum absolute atomic E-state index is 12.5. The van der Waals surface area contributed by atoms with Gasteiger partial charge in [-0.2, -0.15) is 0 Å². The second kappa shape index (κ2) is 10.5. The van der Waals surface area contributed by atoms with E-state index in [9.17, 15) is 4.79 Å². The molecule has 0 heterocycles. The maximum atomic E-state index is 12.5. The van der Waals surface area contributed by atoms with Gasteiger partial charge in [-0.05, 0) is 103 Å². The molecule has 2 aliphatic rings. The van der Waals surface area contributed by atoms with E-state index >= 15 is 0 Å². The van der Waals surface area contributed by atoms with Crippen LogP contribution in [0.4, 0.5) is 0 Å². The van der Waals surface area contributed by atoms with Crippen LogP contribution in [0.1, 0.15) is 98.5 Å². The average Bonchev–Trinajstić information content (AvgIpc) is 3.50. The van der Waals surface area contributed by atoms with E-state index in [1.54, 1.807) is 5.57 Å². The summed E-state index contributed by atoms with van der Waals surface area (Å²) >= 11 is 0. The van der Waals surface area contributed by atoms with Crippen molar-refractivity contribution in [2.45, 2.75) is 111 Å². The largest absolute Gasteiger partial charge is 0.460 e. The van der Waals surface area contributed by atoms with E-state index in [0.29, 0.717) is 18.0 Å². The van der Waals surface area contributed by atoms with Crippen LogP contribution in [0.2, 0.25) is 0 Å². The Kier molecular flexibility index (Phi) is 8.25. The van der Waals surface area contributed by atoms with Crippen LogP contribution in [0.5, 0.6) is 0 Å². The molecule has 2 fully saturated rings. The van der Waals surface area contributed by atoms with Crippen molar-refractivity contribution in [3.63, 3.8) is 0 Å². The number of rotatable bonds is 9. The van der Waals surface area contributed by atoms with Gasteiger partial charge in [-0.25, -0.2) is 0 Å². The molecular weight excluding hydrogens is 394 g/mol.